The molecule has 3 N–H and O–H groups in total. The zero-order chi connectivity index (χ0) is 27.9. The molecule has 1 heterocycles. The second-order valence-corrected chi connectivity index (χ2v) is 10.5. The molecule has 0 aliphatic carbocycles. The second kappa shape index (κ2) is 12.9. The molecule has 0 bridgehead atoms. The summed E-state index contributed by atoms with van der Waals surface area (Å²) in [5.74, 6) is -0.652. The number of aliphatic hydroxyl groups is 1. The number of carbonyl (C=O) groups is 2. The van der Waals surface area contributed by atoms with Gasteiger partial charge in [0.25, 0.3) is 5.91 Å². The molecule has 0 aromatic heterocycles. The number of thioether (sulfide) groups is 1. The van der Waals surface area contributed by atoms with Crippen molar-refractivity contribution in [3.8, 4) is 0 Å². The molecule has 40 heavy (non-hydrogen) atoms. The van der Waals surface area contributed by atoms with E-state index < -0.39 is 12.3 Å². The molecule has 1 aliphatic heterocycles. The Hall–Kier alpha value is -3.95. The molecule has 7 nitrogen and oxygen atoms in total. The fourth-order valence-electron chi connectivity index (χ4n) is 4.53. The van der Waals surface area contributed by atoms with Gasteiger partial charge in [-0.3, -0.25) is 4.79 Å². The molecule has 0 unspecified atom stereocenters. The van der Waals surface area contributed by atoms with Gasteiger partial charge in [0, 0.05) is 33.9 Å². The lowest BCUT2D eigenvalue weighted by Gasteiger charge is -2.36. The summed E-state index contributed by atoms with van der Waals surface area (Å²) in [5, 5.41) is 22.0. The van der Waals surface area contributed by atoms with Crippen molar-refractivity contribution in [3.05, 3.63) is 131 Å². The topological polar surface area (TPSA) is 105 Å². The summed E-state index contributed by atoms with van der Waals surface area (Å²) in [4.78, 5) is 25.1. The number of nitrogens with one attached hydrogen (secondary N) is 1. The van der Waals surface area contributed by atoms with Gasteiger partial charge in [-0.25, -0.2) is 4.79 Å². The summed E-state index contributed by atoms with van der Waals surface area (Å²) in [7, 11) is 0. The molecular formula is C32H29NO6S. The summed E-state index contributed by atoms with van der Waals surface area (Å²) in [5.41, 5.74) is 3.96. The van der Waals surface area contributed by atoms with E-state index in [4.69, 9.17) is 9.47 Å². The minimum Gasteiger partial charge on any atom is -0.478 e. The summed E-state index contributed by atoms with van der Waals surface area (Å²) in [6.07, 6.45) is -0.656. The average Bonchev–Trinajstić information content (AvgIpc) is 3.00. The first-order valence-electron chi connectivity index (χ1n) is 12.9. The molecule has 1 fully saturated rings. The van der Waals surface area contributed by atoms with E-state index in [0.29, 0.717) is 28.3 Å². The van der Waals surface area contributed by atoms with Gasteiger partial charge in [0.1, 0.15) is 0 Å². The SMILES string of the molecule is O=C(Nc1cccc([C@@H]2O[C@H](CSc3ccccc3C(=O)O)C[C@H](c3ccc(CO)cc3)O2)c1)c1ccccc1. The maximum atomic E-state index is 12.7. The third kappa shape index (κ3) is 6.78. The molecule has 204 valence electrons. The maximum Gasteiger partial charge on any atom is 0.336 e. The monoisotopic (exact) mass is 555 g/mol. The second-order valence-electron chi connectivity index (χ2n) is 9.41. The van der Waals surface area contributed by atoms with Crippen LogP contribution < -0.4 is 5.32 Å². The van der Waals surface area contributed by atoms with E-state index >= 15 is 0 Å². The van der Waals surface area contributed by atoms with Crippen molar-refractivity contribution in [2.24, 2.45) is 0 Å². The molecule has 1 amide bonds. The van der Waals surface area contributed by atoms with Crippen molar-refractivity contribution >= 4 is 29.3 Å². The molecular weight excluding hydrogens is 526 g/mol. The Balaban J connectivity index is 1.37. The van der Waals surface area contributed by atoms with Crippen LogP contribution in [0.4, 0.5) is 5.69 Å². The number of anilines is 1. The van der Waals surface area contributed by atoms with Crippen LogP contribution in [0.5, 0.6) is 0 Å². The Bertz CT molecular complexity index is 1460. The smallest absolute Gasteiger partial charge is 0.336 e. The van der Waals surface area contributed by atoms with E-state index in [2.05, 4.69) is 5.32 Å². The first-order valence-corrected chi connectivity index (χ1v) is 13.9. The number of amides is 1. The summed E-state index contributed by atoms with van der Waals surface area (Å²) < 4.78 is 12.8. The summed E-state index contributed by atoms with van der Waals surface area (Å²) in [6, 6.07) is 30.9. The number of carbonyl (C=O) groups excluding carboxylic acids is 1. The van der Waals surface area contributed by atoms with E-state index in [9.17, 15) is 19.8 Å². The van der Waals surface area contributed by atoms with Gasteiger partial charge in [-0.1, -0.05) is 66.7 Å². The van der Waals surface area contributed by atoms with E-state index in [1.807, 2.05) is 72.8 Å². The van der Waals surface area contributed by atoms with Crippen LogP contribution in [-0.2, 0) is 16.1 Å². The van der Waals surface area contributed by atoms with Crippen molar-refractivity contribution in [1.29, 1.82) is 0 Å². The minimum atomic E-state index is -0.968. The van der Waals surface area contributed by atoms with E-state index in [1.54, 1.807) is 30.3 Å². The van der Waals surface area contributed by atoms with Crippen LogP contribution in [0.15, 0.2) is 108 Å². The van der Waals surface area contributed by atoms with Gasteiger partial charge in [0.15, 0.2) is 6.29 Å². The summed E-state index contributed by atoms with van der Waals surface area (Å²) >= 11 is 1.44. The Morgan fingerprint density at radius 1 is 0.850 bits per heavy atom. The lowest BCUT2D eigenvalue weighted by atomic mass is 10.0. The number of aromatic carboxylic acids is 1. The molecule has 3 atom stereocenters. The lowest BCUT2D eigenvalue weighted by molar-refractivity contribution is -0.245. The molecule has 5 rings (SSSR count). The third-order valence-corrected chi connectivity index (χ3v) is 7.82. The maximum absolute atomic E-state index is 12.7. The number of aliphatic hydroxyl groups excluding tert-OH is 1. The molecule has 4 aromatic carbocycles. The highest BCUT2D eigenvalue weighted by Crippen LogP contribution is 2.40. The number of hydrogen-bond donors (Lipinski definition) is 3. The normalized spacial score (nSPS) is 18.7. The standard InChI is InChI=1S/C32H29NO6S/c34-19-21-13-15-22(16-14-21)28-18-26(20-40-29-12-5-4-11-27(29)31(36)37)38-32(39-28)24-9-6-10-25(17-24)33-30(35)23-7-2-1-3-8-23/h1-17,26,28,32,34H,18-20H2,(H,33,35)(H,36,37)/t26-,28+,32+/m0/s1. The van der Waals surface area contributed by atoms with Gasteiger partial charge < -0.3 is 25.0 Å². The van der Waals surface area contributed by atoms with Gasteiger partial charge in [-0.15, -0.1) is 11.8 Å². The van der Waals surface area contributed by atoms with E-state index in [-0.39, 0.29) is 30.3 Å². The molecule has 8 heteroatoms. The third-order valence-electron chi connectivity index (χ3n) is 6.61. The number of hydrogen-bond acceptors (Lipinski definition) is 6. The number of carboxylic acid groups (broad SMARTS) is 1. The largest absolute Gasteiger partial charge is 0.478 e. The van der Waals surface area contributed by atoms with E-state index in [1.165, 1.54) is 11.8 Å². The predicted octanol–water partition coefficient (Wildman–Crippen LogP) is 6.47. The molecule has 0 radical (unpaired) electrons. The van der Waals surface area contributed by atoms with Gasteiger partial charge in [-0.05, 0) is 47.5 Å². The van der Waals surface area contributed by atoms with Crippen LogP contribution in [0.2, 0.25) is 0 Å². The Kier molecular flexibility index (Phi) is 8.93. The van der Waals surface area contributed by atoms with Crippen molar-refractivity contribution in [2.75, 3.05) is 11.1 Å². The Morgan fingerprint density at radius 3 is 2.35 bits per heavy atom. The van der Waals surface area contributed by atoms with Crippen LogP contribution in [0.3, 0.4) is 0 Å². The highest BCUT2D eigenvalue weighted by molar-refractivity contribution is 7.99. The zero-order valence-corrected chi connectivity index (χ0v) is 22.4. The van der Waals surface area contributed by atoms with Crippen molar-refractivity contribution in [3.63, 3.8) is 0 Å². The van der Waals surface area contributed by atoms with Gasteiger partial charge in [0.2, 0.25) is 0 Å². The molecule has 0 saturated carbocycles. The Labute approximate surface area is 236 Å². The van der Waals surface area contributed by atoms with Crippen LogP contribution in [0, 0.1) is 0 Å². The molecule has 0 spiro atoms. The number of ether oxygens (including phenoxy) is 2. The van der Waals surface area contributed by atoms with Crippen LogP contribution in [-0.4, -0.2) is 33.9 Å². The number of rotatable bonds is 9. The lowest BCUT2D eigenvalue weighted by Crippen LogP contribution is -2.31. The molecule has 1 aliphatic rings. The van der Waals surface area contributed by atoms with Crippen LogP contribution in [0.25, 0.3) is 0 Å². The first kappa shape index (κ1) is 27.6. The first-order chi connectivity index (χ1) is 19.5. The quantitative estimate of drug-likeness (QED) is 0.203. The Morgan fingerprint density at radius 2 is 1.60 bits per heavy atom. The van der Waals surface area contributed by atoms with E-state index in [0.717, 1.165) is 16.7 Å². The number of carboxylic acids is 1. The van der Waals surface area contributed by atoms with Crippen LogP contribution >= 0.6 is 11.8 Å². The summed E-state index contributed by atoms with van der Waals surface area (Å²) in [6.45, 7) is -0.0404. The minimum absolute atomic E-state index is 0.0404. The fraction of sp³-hybridized carbons (Fsp3) is 0.188. The van der Waals surface area contributed by atoms with Gasteiger partial charge in [-0.2, -0.15) is 0 Å². The molecule has 4 aromatic rings. The zero-order valence-electron chi connectivity index (χ0n) is 21.6. The van der Waals surface area contributed by atoms with Gasteiger partial charge >= 0.3 is 5.97 Å². The van der Waals surface area contributed by atoms with Gasteiger partial charge in [0.05, 0.1) is 24.4 Å². The number of benzene rings is 4. The highest BCUT2D eigenvalue weighted by atomic mass is 32.2. The predicted molar refractivity (Wildman–Crippen MR) is 153 cm³/mol. The van der Waals surface area contributed by atoms with Crippen molar-refractivity contribution < 1.29 is 29.3 Å². The van der Waals surface area contributed by atoms with Crippen molar-refractivity contribution in [1.82, 2.24) is 0 Å². The molecule has 1 saturated heterocycles. The fourth-order valence-corrected chi connectivity index (χ4v) is 5.60. The van der Waals surface area contributed by atoms with Crippen LogP contribution in [0.1, 0.15) is 56.2 Å². The van der Waals surface area contributed by atoms with Crippen molar-refractivity contribution in [2.45, 2.75) is 36.4 Å². The highest BCUT2D eigenvalue weighted by Gasteiger charge is 2.32. The average molecular weight is 556 g/mol.